The molecule has 6 heteroatoms. The first-order valence-electron chi connectivity index (χ1n) is 5.08. The fourth-order valence-corrected chi connectivity index (χ4v) is 2.57. The highest BCUT2D eigenvalue weighted by atomic mass is 79.9. The van der Waals surface area contributed by atoms with Crippen LogP contribution < -0.4 is 10.6 Å². The fraction of sp³-hybridized carbons (Fsp3) is 0.250. The molecule has 2 N–H and O–H groups in total. The zero-order chi connectivity index (χ0) is 13.7. The third kappa shape index (κ3) is 4.09. The molecule has 0 radical (unpaired) electrons. The second-order valence-electron chi connectivity index (χ2n) is 3.53. The first-order chi connectivity index (χ1) is 8.45. The van der Waals surface area contributed by atoms with E-state index in [0.717, 1.165) is 4.47 Å². The lowest BCUT2D eigenvalue weighted by Gasteiger charge is -2.16. The first-order valence-corrected chi connectivity index (χ1v) is 6.63. The normalized spacial score (nSPS) is 11.5. The third-order valence-electron chi connectivity index (χ3n) is 2.13. The highest BCUT2D eigenvalue weighted by Gasteiger charge is 2.15. The summed E-state index contributed by atoms with van der Waals surface area (Å²) in [6.07, 6.45) is 5.06. The van der Waals surface area contributed by atoms with Gasteiger partial charge in [0.2, 0.25) is 5.91 Å². The van der Waals surface area contributed by atoms with Gasteiger partial charge in [-0.25, -0.2) is 0 Å². The van der Waals surface area contributed by atoms with Crippen molar-refractivity contribution in [2.75, 3.05) is 11.9 Å². The maximum atomic E-state index is 11.6. The minimum atomic E-state index is -0.491. The largest absolute Gasteiger partial charge is 0.371 e. The summed E-state index contributed by atoms with van der Waals surface area (Å²) in [5, 5.41) is 6.39. The molecule has 1 aromatic rings. The van der Waals surface area contributed by atoms with Gasteiger partial charge in [-0.05, 0) is 19.1 Å². The highest BCUT2D eigenvalue weighted by molar-refractivity contribution is 9.10. The number of hydrogen-bond acceptors (Lipinski definition) is 2. The lowest BCUT2D eigenvalue weighted by atomic mass is 10.2. The van der Waals surface area contributed by atoms with Crippen LogP contribution in [0, 0.1) is 12.3 Å². The van der Waals surface area contributed by atoms with Crippen LogP contribution in [-0.2, 0) is 4.79 Å². The standard InChI is InChI=1S/C12H11BrCl2N2O/c1-3-4-16-12(18)7(2)17-11-9(14)5-8(13)6-10(11)15/h1,5-7,17H,4H2,2H3,(H,16,18). The molecule has 0 aliphatic rings. The third-order valence-corrected chi connectivity index (χ3v) is 3.18. The Morgan fingerprint density at radius 2 is 2.06 bits per heavy atom. The summed E-state index contributed by atoms with van der Waals surface area (Å²) in [6, 6.07) is 2.90. The van der Waals surface area contributed by atoms with Gasteiger partial charge < -0.3 is 10.6 Å². The second kappa shape index (κ2) is 6.89. The summed E-state index contributed by atoms with van der Waals surface area (Å²) in [7, 11) is 0. The number of carbonyl (C=O) groups excluding carboxylic acids is 1. The van der Waals surface area contributed by atoms with Crippen LogP contribution in [0.3, 0.4) is 0 Å². The monoisotopic (exact) mass is 348 g/mol. The van der Waals surface area contributed by atoms with E-state index in [4.69, 9.17) is 29.6 Å². The van der Waals surface area contributed by atoms with Crippen molar-refractivity contribution in [2.45, 2.75) is 13.0 Å². The van der Waals surface area contributed by atoms with E-state index in [-0.39, 0.29) is 12.5 Å². The van der Waals surface area contributed by atoms with E-state index in [1.165, 1.54) is 0 Å². The van der Waals surface area contributed by atoms with Crippen molar-refractivity contribution >= 4 is 50.7 Å². The molecular formula is C12H11BrCl2N2O. The second-order valence-corrected chi connectivity index (χ2v) is 5.26. The number of benzene rings is 1. The van der Waals surface area contributed by atoms with E-state index in [1.54, 1.807) is 19.1 Å². The average molecular weight is 350 g/mol. The van der Waals surface area contributed by atoms with Gasteiger partial charge in [0.05, 0.1) is 22.3 Å². The molecule has 1 unspecified atom stereocenters. The van der Waals surface area contributed by atoms with Crippen LogP contribution in [-0.4, -0.2) is 18.5 Å². The van der Waals surface area contributed by atoms with Crippen molar-refractivity contribution in [3.63, 3.8) is 0 Å². The summed E-state index contributed by atoms with van der Waals surface area (Å²) in [5.74, 6) is 2.11. The summed E-state index contributed by atoms with van der Waals surface area (Å²) in [5.41, 5.74) is 0.518. The minimum absolute atomic E-state index is 0.187. The lowest BCUT2D eigenvalue weighted by molar-refractivity contribution is -0.121. The molecule has 1 amide bonds. The van der Waals surface area contributed by atoms with Crippen molar-refractivity contribution in [3.8, 4) is 12.3 Å². The Bertz CT molecular complexity index is 476. The van der Waals surface area contributed by atoms with Crippen molar-refractivity contribution in [3.05, 3.63) is 26.7 Å². The zero-order valence-electron chi connectivity index (χ0n) is 9.56. The average Bonchev–Trinajstić information content (AvgIpc) is 2.30. The molecule has 1 atom stereocenters. The minimum Gasteiger partial charge on any atom is -0.371 e. The van der Waals surface area contributed by atoms with Gasteiger partial charge in [-0.3, -0.25) is 4.79 Å². The summed E-state index contributed by atoms with van der Waals surface area (Å²) < 4.78 is 0.771. The van der Waals surface area contributed by atoms with Crippen LogP contribution in [0.1, 0.15) is 6.92 Å². The van der Waals surface area contributed by atoms with Crippen molar-refractivity contribution in [1.29, 1.82) is 0 Å². The van der Waals surface area contributed by atoms with Crippen molar-refractivity contribution < 1.29 is 4.79 Å². The molecule has 0 aliphatic heterocycles. The van der Waals surface area contributed by atoms with E-state index < -0.39 is 6.04 Å². The molecule has 1 aromatic carbocycles. The van der Waals surface area contributed by atoms with E-state index in [9.17, 15) is 4.79 Å². The first kappa shape index (κ1) is 15.2. The lowest BCUT2D eigenvalue weighted by Crippen LogP contribution is -2.37. The van der Waals surface area contributed by atoms with Gasteiger partial charge in [-0.1, -0.05) is 45.1 Å². The number of nitrogens with one attached hydrogen (secondary N) is 2. The molecule has 18 heavy (non-hydrogen) atoms. The Labute approximate surface area is 124 Å². The Morgan fingerprint density at radius 1 is 1.50 bits per heavy atom. The van der Waals surface area contributed by atoms with Crippen LogP contribution in [0.5, 0.6) is 0 Å². The molecule has 0 aliphatic carbocycles. The Kier molecular flexibility index (Phi) is 5.80. The number of anilines is 1. The van der Waals surface area contributed by atoms with Crippen LogP contribution in [0.4, 0.5) is 5.69 Å². The molecule has 0 heterocycles. The number of amides is 1. The van der Waals surface area contributed by atoms with Gasteiger partial charge in [0.1, 0.15) is 6.04 Å². The van der Waals surface area contributed by atoms with Crippen molar-refractivity contribution in [2.24, 2.45) is 0 Å². The summed E-state index contributed by atoms with van der Waals surface area (Å²) >= 11 is 15.4. The Hall–Kier alpha value is -0.890. The van der Waals surface area contributed by atoms with Crippen LogP contribution in [0.15, 0.2) is 16.6 Å². The SMILES string of the molecule is C#CCNC(=O)C(C)Nc1c(Cl)cc(Br)cc1Cl. The van der Waals surface area contributed by atoms with Gasteiger partial charge >= 0.3 is 0 Å². The number of rotatable bonds is 4. The summed E-state index contributed by atoms with van der Waals surface area (Å²) in [6.45, 7) is 1.88. The quantitative estimate of drug-likeness (QED) is 0.819. The number of hydrogen-bond donors (Lipinski definition) is 2. The van der Waals surface area contributed by atoms with Crippen LogP contribution in [0.25, 0.3) is 0 Å². The van der Waals surface area contributed by atoms with Gasteiger partial charge in [0.25, 0.3) is 0 Å². The van der Waals surface area contributed by atoms with Gasteiger partial charge in [0, 0.05) is 4.47 Å². The van der Waals surface area contributed by atoms with Crippen LogP contribution in [0.2, 0.25) is 10.0 Å². The molecule has 0 aromatic heterocycles. The smallest absolute Gasteiger partial charge is 0.242 e. The maximum Gasteiger partial charge on any atom is 0.242 e. The highest BCUT2D eigenvalue weighted by Crippen LogP contribution is 2.34. The molecular weight excluding hydrogens is 339 g/mol. The van der Waals surface area contributed by atoms with Crippen molar-refractivity contribution in [1.82, 2.24) is 5.32 Å². The fourth-order valence-electron chi connectivity index (χ4n) is 1.25. The van der Waals surface area contributed by atoms with Gasteiger partial charge in [-0.15, -0.1) is 6.42 Å². The predicted molar refractivity (Wildman–Crippen MR) is 79.1 cm³/mol. The van der Waals surface area contributed by atoms with E-state index in [0.29, 0.717) is 15.7 Å². The van der Waals surface area contributed by atoms with Crippen LogP contribution >= 0.6 is 39.1 Å². The predicted octanol–water partition coefficient (Wildman–Crippen LogP) is 3.31. The molecule has 0 fully saturated rings. The molecule has 0 saturated carbocycles. The maximum absolute atomic E-state index is 11.6. The number of carbonyl (C=O) groups is 1. The molecule has 3 nitrogen and oxygen atoms in total. The Morgan fingerprint density at radius 3 is 2.56 bits per heavy atom. The molecule has 0 saturated heterocycles. The number of terminal acetylenes is 1. The van der Waals surface area contributed by atoms with Gasteiger partial charge in [-0.2, -0.15) is 0 Å². The zero-order valence-corrected chi connectivity index (χ0v) is 12.7. The molecule has 1 rings (SSSR count). The van der Waals surface area contributed by atoms with E-state index in [1.807, 2.05) is 0 Å². The molecule has 96 valence electrons. The number of halogens is 3. The van der Waals surface area contributed by atoms with E-state index >= 15 is 0 Å². The summed E-state index contributed by atoms with van der Waals surface area (Å²) in [4.78, 5) is 11.6. The Balaban J connectivity index is 2.79. The topological polar surface area (TPSA) is 41.1 Å². The molecule has 0 spiro atoms. The molecule has 0 bridgehead atoms. The van der Waals surface area contributed by atoms with E-state index in [2.05, 4.69) is 32.5 Å². The van der Waals surface area contributed by atoms with Gasteiger partial charge in [0.15, 0.2) is 0 Å².